The number of aromatic nitrogens is 2. The molecule has 1 N–H and O–H groups in total. The van der Waals surface area contributed by atoms with Gasteiger partial charge in [0.05, 0.1) is 6.20 Å². The number of ether oxygens (including phenoxy) is 1. The van der Waals surface area contributed by atoms with Crippen molar-refractivity contribution in [3.05, 3.63) is 47.2 Å². The summed E-state index contributed by atoms with van der Waals surface area (Å²) >= 11 is 5.80. The Morgan fingerprint density at radius 2 is 2.15 bits per heavy atom. The van der Waals surface area contributed by atoms with Crippen molar-refractivity contribution in [2.75, 3.05) is 7.05 Å². The van der Waals surface area contributed by atoms with Crippen molar-refractivity contribution in [2.45, 2.75) is 19.6 Å². The number of benzene rings is 1. The minimum absolute atomic E-state index is 0.0962. The number of carbonyl (C=O) groups excluding carboxylic acids is 1. The van der Waals surface area contributed by atoms with Crippen molar-refractivity contribution in [3.8, 4) is 5.75 Å². The molecule has 1 amide bonds. The summed E-state index contributed by atoms with van der Waals surface area (Å²) in [4.78, 5) is 13.8. The number of hydrogen-bond acceptors (Lipinski definition) is 3. The number of hydrogen-bond donors (Lipinski definition) is 1. The largest absolute Gasteiger partial charge is 0.481 e. The van der Waals surface area contributed by atoms with E-state index in [0.717, 1.165) is 5.56 Å². The van der Waals surface area contributed by atoms with Gasteiger partial charge >= 0.3 is 0 Å². The molecule has 0 fully saturated rings. The summed E-state index contributed by atoms with van der Waals surface area (Å²) in [6, 6.07) is 6.93. The zero-order chi connectivity index (χ0) is 14.5. The molecule has 0 saturated heterocycles. The molecule has 20 heavy (non-hydrogen) atoms. The maximum Gasteiger partial charge on any atom is 0.263 e. The fraction of sp³-hybridized carbons (Fsp3) is 0.286. The van der Waals surface area contributed by atoms with E-state index < -0.39 is 6.10 Å². The molecule has 1 atom stereocenters. The first-order chi connectivity index (χ1) is 9.56. The highest BCUT2D eigenvalue weighted by molar-refractivity contribution is 6.30. The van der Waals surface area contributed by atoms with Gasteiger partial charge in [-0.25, -0.2) is 0 Å². The van der Waals surface area contributed by atoms with E-state index in [-0.39, 0.29) is 5.91 Å². The van der Waals surface area contributed by atoms with Gasteiger partial charge in [0.1, 0.15) is 5.75 Å². The van der Waals surface area contributed by atoms with Crippen LogP contribution < -0.4 is 4.74 Å². The summed E-state index contributed by atoms with van der Waals surface area (Å²) in [5, 5.41) is 7.20. The van der Waals surface area contributed by atoms with E-state index in [1.54, 1.807) is 55.5 Å². The number of halogens is 1. The predicted octanol–water partition coefficient (Wildman–Crippen LogP) is 2.49. The molecule has 1 unspecified atom stereocenters. The molecule has 106 valence electrons. The zero-order valence-corrected chi connectivity index (χ0v) is 12.1. The number of nitrogens with zero attached hydrogens (tertiary/aromatic N) is 2. The molecular formula is C14H16ClN3O2. The highest BCUT2D eigenvalue weighted by atomic mass is 35.5. The van der Waals surface area contributed by atoms with Gasteiger partial charge in [-0.15, -0.1) is 0 Å². The first kappa shape index (κ1) is 14.4. The van der Waals surface area contributed by atoms with Crippen LogP contribution in [0.4, 0.5) is 0 Å². The molecule has 1 aromatic heterocycles. The Labute approximate surface area is 122 Å². The smallest absolute Gasteiger partial charge is 0.263 e. The molecule has 0 spiro atoms. The van der Waals surface area contributed by atoms with Crippen molar-refractivity contribution in [1.29, 1.82) is 0 Å². The fourth-order valence-corrected chi connectivity index (χ4v) is 1.92. The van der Waals surface area contributed by atoms with Crippen LogP contribution in [0, 0.1) is 0 Å². The minimum Gasteiger partial charge on any atom is -0.481 e. The van der Waals surface area contributed by atoms with E-state index in [1.807, 2.05) is 0 Å². The lowest BCUT2D eigenvalue weighted by molar-refractivity contribution is -0.137. The molecule has 0 aliphatic carbocycles. The highest BCUT2D eigenvalue weighted by Gasteiger charge is 2.19. The van der Waals surface area contributed by atoms with Gasteiger partial charge in [0.25, 0.3) is 5.91 Å². The Kier molecular flexibility index (Phi) is 4.63. The molecule has 5 nitrogen and oxygen atoms in total. The first-order valence-electron chi connectivity index (χ1n) is 6.21. The zero-order valence-electron chi connectivity index (χ0n) is 11.3. The topological polar surface area (TPSA) is 58.2 Å². The van der Waals surface area contributed by atoms with Crippen molar-refractivity contribution >= 4 is 17.5 Å². The van der Waals surface area contributed by atoms with Crippen LogP contribution in [0.25, 0.3) is 0 Å². The molecule has 0 aliphatic rings. The number of likely N-dealkylation sites (N-methyl/N-ethyl adjacent to an activating group) is 1. The maximum atomic E-state index is 12.2. The fourth-order valence-electron chi connectivity index (χ4n) is 1.79. The van der Waals surface area contributed by atoms with Crippen LogP contribution in [0.5, 0.6) is 5.75 Å². The van der Waals surface area contributed by atoms with Gasteiger partial charge in [0.15, 0.2) is 6.10 Å². The number of aromatic amines is 1. The third-order valence-corrected chi connectivity index (χ3v) is 3.08. The molecule has 1 aromatic carbocycles. The van der Waals surface area contributed by atoms with E-state index in [0.29, 0.717) is 17.3 Å². The van der Waals surface area contributed by atoms with E-state index in [2.05, 4.69) is 10.2 Å². The quantitative estimate of drug-likeness (QED) is 0.921. The van der Waals surface area contributed by atoms with Crippen LogP contribution in [-0.4, -0.2) is 34.2 Å². The lowest BCUT2D eigenvalue weighted by atomic mass is 10.3. The third-order valence-electron chi connectivity index (χ3n) is 2.83. The number of rotatable bonds is 5. The standard InChI is InChI=1S/C14H16ClN3O2/c1-10(20-13-5-3-12(15)4-6-13)14(19)18(2)9-11-7-16-17-8-11/h3-8,10H,9H2,1-2H3,(H,16,17). The van der Waals surface area contributed by atoms with Gasteiger partial charge in [0, 0.05) is 30.4 Å². The van der Waals surface area contributed by atoms with Crippen LogP contribution in [0.2, 0.25) is 5.02 Å². The summed E-state index contributed by atoms with van der Waals surface area (Å²) in [6.07, 6.45) is 2.89. The van der Waals surface area contributed by atoms with Gasteiger partial charge < -0.3 is 9.64 Å². The first-order valence-corrected chi connectivity index (χ1v) is 6.59. The summed E-state index contributed by atoms with van der Waals surface area (Å²) < 4.78 is 5.60. The van der Waals surface area contributed by atoms with Crippen molar-refractivity contribution in [1.82, 2.24) is 15.1 Å². The lowest BCUT2D eigenvalue weighted by Gasteiger charge is -2.21. The SMILES string of the molecule is CC(Oc1ccc(Cl)cc1)C(=O)N(C)Cc1cn[nH]c1. The Balaban J connectivity index is 1.92. The number of nitrogens with one attached hydrogen (secondary N) is 1. The normalized spacial score (nSPS) is 11.9. The van der Waals surface area contributed by atoms with Gasteiger partial charge in [-0.05, 0) is 31.2 Å². The second kappa shape index (κ2) is 6.43. The third kappa shape index (κ3) is 3.74. The molecule has 1 heterocycles. The van der Waals surface area contributed by atoms with Gasteiger partial charge in [-0.3, -0.25) is 9.89 Å². The summed E-state index contributed by atoms with van der Waals surface area (Å²) in [5.74, 6) is 0.521. The molecule has 0 aliphatic heterocycles. The van der Waals surface area contributed by atoms with Crippen molar-refractivity contribution < 1.29 is 9.53 Å². The Morgan fingerprint density at radius 3 is 2.75 bits per heavy atom. The Bertz CT molecular complexity index is 554. The molecule has 0 radical (unpaired) electrons. The van der Waals surface area contributed by atoms with Gasteiger partial charge in [-0.2, -0.15) is 5.10 Å². The molecule has 0 bridgehead atoms. The number of amides is 1. The van der Waals surface area contributed by atoms with Crippen molar-refractivity contribution in [3.63, 3.8) is 0 Å². The van der Waals surface area contributed by atoms with E-state index in [1.165, 1.54) is 0 Å². The van der Waals surface area contributed by atoms with E-state index in [4.69, 9.17) is 16.3 Å². The molecular weight excluding hydrogens is 278 g/mol. The lowest BCUT2D eigenvalue weighted by Crippen LogP contribution is -2.37. The van der Waals surface area contributed by atoms with Crippen LogP contribution in [0.15, 0.2) is 36.7 Å². The second-order valence-electron chi connectivity index (χ2n) is 4.51. The average Bonchev–Trinajstić information content (AvgIpc) is 2.93. The molecule has 6 heteroatoms. The minimum atomic E-state index is -0.562. The Morgan fingerprint density at radius 1 is 1.45 bits per heavy atom. The molecule has 2 rings (SSSR count). The maximum absolute atomic E-state index is 12.2. The average molecular weight is 294 g/mol. The molecule has 2 aromatic rings. The highest BCUT2D eigenvalue weighted by Crippen LogP contribution is 2.17. The summed E-state index contributed by atoms with van der Waals surface area (Å²) in [7, 11) is 1.73. The van der Waals surface area contributed by atoms with E-state index >= 15 is 0 Å². The van der Waals surface area contributed by atoms with Crippen LogP contribution >= 0.6 is 11.6 Å². The van der Waals surface area contributed by atoms with Gasteiger partial charge in [-0.1, -0.05) is 11.6 Å². The number of H-pyrrole nitrogens is 1. The van der Waals surface area contributed by atoms with Crippen LogP contribution in [0.1, 0.15) is 12.5 Å². The summed E-state index contributed by atoms with van der Waals surface area (Å²) in [5.41, 5.74) is 0.944. The van der Waals surface area contributed by atoms with Crippen LogP contribution in [-0.2, 0) is 11.3 Å². The van der Waals surface area contributed by atoms with Gasteiger partial charge in [0.2, 0.25) is 0 Å². The monoisotopic (exact) mass is 293 g/mol. The second-order valence-corrected chi connectivity index (χ2v) is 4.95. The number of carbonyl (C=O) groups is 1. The summed E-state index contributed by atoms with van der Waals surface area (Å²) in [6.45, 7) is 2.21. The van der Waals surface area contributed by atoms with Crippen molar-refractivity contribution in [2.24, 2.45) is 0 Å². The van der Waals surface area contributed by atoms with Crippen LogP contribution in [0.3, 0.4) is 0 Å². The molecule has 0 saturated carbocycles. The predicted molar refractivity (Wildman–Crippen MR) is 76.6 cm³/mol. The van der Waals surface area contributed by atoms with E-state index in [9.17, 15) is 4.79 Å². The Hall–Kier alpha value is -2.01.